The number of benzene rings is 1. The van der Waals surface area contributed by atoms with Crippen LogP contribution in [0, 0.1) is 11.7 Å². The number of halogens is 1. The standard InChI is InChI=1S/C15H20FNO2/c1-2-19-11-12-4-3-9-17(10-12)15(18)13-5-7-14(16)8-6-13/h5-8,12H,2-4,9-11H2,1H3. The van der Waals surface area contributed by atoms with Crippen LogP contribution in [0.3, 0.4) is 0 Å². The number of likely N-dealkylation sites (tertiary alicyclic amines) is 1. The second-order valence-corrected chi connectivity index (χ2v) is 4.93. The van der Waals surface area contributed by atoms with E-state index in [4.69, 9.17) is 4.74 Å². The van der Waals surface area contributed by atoms with Crippen LogP contribution in [0.15, 0.2) is 24.3 Å². The van der Waals surface area contributed by atoms with Crippen LogP contribution in [0.25, 0.3) is 0 Å². The number of nitrogens with zero attached hydrogens (tertiary/aromatic N) is 1. The average Bonchev–Trinajstić information content (AvgIpc) is 2.45. The Morgan fingerprint density at radius 3 is 2.84 bits per heavy atom. The summed E-state index contributed by atoms with van der Waals surface area (Å²) in [5.41, 5.74) is 0.554. The molecular formula is C15H20FNO2. The summed E-state index contributed by atoms with van der Waals surface area (Å²) < 4.78 is 18.3. The van der Waals surface area contributed by atoms with Crippen LogP contribution >= 0.6 is 0 Å². The molecule has 0 N–H and O–H groups in total. The van der Waals surface area contributed by atoms with E-state index >= 15 is 0 Å². The third-order valence-corrected chi connectivity index (χ3v) is 3.46. The van der Waals surface area contributed by atoms with Crippen LogP contribution in [-0.4, -0.2) is 37.1 Å². The van der Waals surface area contributed by atoms with E-state index in [-0.39, 0.29) is 11.7 Å². The lowest BCUT2D eigenvalue weighted by Crippen LogP contribution is -2.41. The van der Waals surface area contributed by atoms with E-state index in [1.807, 2.05) is 11.8 Å². The van der Waals surface area contributed by atoms with Crippen molar-refractivity contribution in [2.24, 2.45) is 5.92 Å². The van der Waals surface area contributed by atoms with Crippen molar-refractivity contribution in [3.05, 3.63) is 35.6 Å². The Kier molecular flexibility index (Phi) is 4.91. The lowest BCUT2D eigenvalue weighted by atomic mass is 9.98. The van der Waals surface area contributed by atoms with Gasteiger partial charge in [-0.15, -0.1) is 0 Å². The molecule has 0 radical (unpaired) electrons. The van der Waals surface area contributed by atoms with Crippen LogP contribution in [0.2, 0.25) is 0 Å². The first kappa shape index (κ1) is 14.0. The lowest BCUT2D eigenvalue weighted by molar-refractivity contribution is 0.0501. The van der Waals surface area contributed by atoms with Gasteiger partial charge in [-0.2, -0.15) is 0 Å². The monoisotopic (exact) mass is 265 g/mol. The van der Waals surface area contributed by atoms with Gasteiger partial charge in [0.15, 0.2) is 0 Å². The van der Waals surface area contributed by atoms with Crippen LogP contribution in [0.4, 0.5) is 4.39 Å². The minimum Gasteiger partial charge on any atom is -0.381 e. The molecule has 0 aliphatic carbocycles. The lowest BCUT2D eigenvalue weighted by Gasteiger charge is -2.32. The highest BCUT2D eigenvalue weighted by atomic mass is 19.1. The summed E-state index contributed by atoms with van der Waals surface area (Å²) in [5, 5.41) is 0. The fourth-order valence-electron chi connectivity index (χ4n) is 2.45. The Hall–Kier alpha value is -1.42. The zero-order valence-electron chi connectivity index (χ0n) is 11.3. The predicted octanol–water partition coefficient (Wildman–Crippen LogP) is 2.71. The maximum atomic E-state index is 12.9. The van der Waals surface area contributed by atoms with E-state index in [2.05, 4.69) is 0 Å². The summed E-state index contributed by atoms with van der Waals surface area (Å²) in [4.78, 5) is 14.1. The summed E-state index contributed by atoms with van der Waals surface area (Å²) >= 11 is 0. The van der Waals surface area contributed by atoms with Crippen molar-refractivity contribution in [2.75, 3.05) is 26.3 Å². The summed E-state index contributed by atoms with van der Waals surface area (Å²) in [7, 11) is 0. The maximum absolute atomic E-state index is 12.9. The van der Waals surface area contributed by atoms with Crippen molar-refractivity contribution in [2.45, 2.75) is 19.8 Å². The van der Waals surface area contributed by atoms with E-state index in [0.717, 1.165) is 25.9 Å². The number of piperidine rings is 1. The van der Waals surface area contributed by atoms with Gasteiger partial charge in [-0.05, 0) is 49.9 Å². The van der Waals surface area contributed by atoms with E-state index in [1.165, 1.54) is 12.1 Å². The third-order valence-electron chi connectivity index (χ3n) is 3.46. The van der Waals surface area contributed by atoms with Crippen molar-refractivity contribution in [1.82, 2.24) is 4.90 Å². The molecule has 0 aromatic heterocycles. The Morgan fingerprint density at radius 1 is 1.42 bits per heavy atom. The molecule has 0 spiro atoms. The first-order chi connectivity index (χ1) is 9.20. The molecule has 19 heavy (non-hydrogen) atoms. The number of rotatable bonds is 4. The highest BCUT2D eigenvalue weighted by Crippen LogP contribution is 2.19. The number of ether oxygens (including phenoxy) is 1. The largest absolute Gasteiger partial charge is 0.381 e. The van der Waals surface area contributed by atoms with Crippen LogP contribution in [0.5, 0.6) is 0 Å². The molecule has 1 aliphatic heterocycles. The van der Waals surface area contributed by atoms with Crippen molar-refractivity contribution < 1.29 is 13.9 Å². The fourth-order valence-corrected chi connectivity index (χ4v) is 2.45. The quantitative estimate of drug-likeness (QED) is 0.837. The molecule has 1 aromatic rings. The SMILES string of the molecule is CCOCC1CCCN(C(=O)c2ccc(F)cc2)C1. The maximum Gasteiger partial charge on any atom is 0.253 e. The van der Waals surface area contributed by atoms with Gasteiger partial charge in [-0.25, -0.2) is 4.39 Å². The summed E-state index contributed by atoms with van der Waals surface area (Å²) in [6, 6.07) is 5.75. The van der Waals surface area contributed by atoms with Gasteiger partial charge in [-0.1, -0.05) is 0 Å². The Labute approximate surface area is 113 Å². The van der Waals surface area contributed by atoms with Crippen molar-refractivity contribution in [1.29, 1.82) is 0 Å². The molecule has 1 saturated heterocycles. The molecule has 3 nitrogen and oxygen atoms in total. The third kappa shape index (κ3) is 3.77. The minimum atomic E-state index is -0.315. The van der Waals surface area contributed by atoms with E-state index < -0.39 is 0 Å². The number of hydrogen-bond donors (Lipinski definition) is 0. The summed E-state index contributed by atoms with van der Waals surface area (Å²) in [6.45, 7) is 4.91. The van der Waals surface area contributed by atoms with E-state index in [0.29, 0.717) is 24.7 Å². The Bertz CT molecular complexity index is 419. The minimum absolute atomic E-state index is 0.0128. The molecule has 1 atom stereocenters. The number of hydrogen-bond acceptors (Lipinski definition) is 2. The smallest absolute Gasteiger partial charge is 0.253 e. The van der Waals surface area contributed by atoms with E-state index in [9.17, 15) is 9.18 Å². The molecule has 1 aromatic carbocycles. The van der Waals surface area contributed by atoms with Crippen LogP contribution in [0.1, 0.15) is 30.1 Å². The van der Waals surface area contributed by atoms with Gasteiger partial charge in [0.2, 0.25) is 0 Å². The number of carbonyl (C=O) groups excluding carboxylic acids is 1. The Morgan fingerprint density at radius 2 is 2.16 bits per heavy atom. The van der Waals surface area contributed by atoms with Gasteiger partial charge in [-0.3, -0.25) is 4.79 Å². The zero-order valence-corrected chi connectivity index (χ0v) is 11.3. The molecule has 4 heteroatoms. The molecule has 1 heterocycles. The van der Waals surface area contributed by atoms with Gasteiger partial charge < -0.3 is 9.64 Å². The number of carbonyl (C=O) groups is 1. The molecular weight excluding hydrogens is 245 g/mol. The van der Waals surface area contributed by atoms with Gasteiger partial charge in [0.25, 0.3) is 5.91 Å². The van der Waals surface area contributed by atoms with E-state index in [1.54, 1.807) is 12.1 Å². The van der Waals surface area contributed by atoms with Gasteiger partial charge in [0, 0.05) is 25.3 Å². The highest BCUT2D eigenvalue weighted by molar-refractivity contribution is 5.94. The molecule has 0 bridgehead atoms. The van der Waals surface area contributed by atoms with Gasteiger partial charge >= 0.3 is 0 Å². The molecule has 104 valence electrons. The zero-order chi connectivity index (χ0) is 13.7. The molecule has 0 saturated carbocycles. The van der Waals surface area contributed by atoms with Gasteiger partial charge in [0.05, 0.1) is 6.61 Å². The second-order valence-electron chi connectivity index (χ2n) is 4.93. The summed E-state index contributed by atoms with van der Waals surface area (Å²) in [5.74, 6) is 0.0868. The summed E-state index contributed by atoms with van der Waals surface area (Å²) in [6.07, 6.45) is 2.11. The molecule has 2 rings (SSSR count). The molecule has 1 amide bonds. The van der Waals surface area contributed by atoms with Crippen molar-refractivity contribution >= 4 is 5.91 Å². The van der Waals surface area contributed by atoms with Gasteiger partial charge in [0.1, 0.15) is 5.82 Å². The second kappa shape index (κ2) is 6.66. The van der Waals surface area contributed by atoms with Crippen molar-refractivity contribution in [3.63, 3.8) is 0 Å². The Balaban J connectivity index is 1.96. The molecule has 1 fully saturated rings. The first-order valence-electron chi connectivity index (χ1n) is 6.83. The fraction of sp³-hybridized carbons (Fsp3) is 0.533. The molecule has 1 aliphatic rings. The van der Waals surface area contributed by atoms with Crippen molar-refractivity contribution in [3.8, 4) is 0 Å². The van der Waals surface area contributed by atoms with Crippen LogP contribution in [-0.2, 0) is 4.74 Å². The topological polar surface area (TPSA) is 29.5 Å². The first-order valence-corrected chi connectivity index (χ1v) is 6.83. The molecule has 1 unspecified atom stereocenters. The number of amides is 1. The van der Waals surface area contributed by atoms with Crippen LogP contribution < -0.4 is 0 Å². The normalized spacial score (nSPS) is 19.5. The predicted molar refractivity (Wildman–Crippen MR) is 71.5 cm³/mol. The average molecular weight is 265 g/mol. The highest BCUT2D eigenvalue weighted by Gasteiger charge is 2.24.